The molecule has 2 heteroatoms. The quantitative estimate of drug-likeness (QED) is 0.889. The maximum absolute atomic E-state index is 12.5. The second-order valence-corrected chi connectivity index (χ2v) is 6.27. The highest BCUT2D eigenvalue weighted by Gasteiger charge is 2.22. The molecular weight excluding hydrogens is 282 g/mol. The van der Waals surface area contributed by atoms with Crippen molar-refractivity contribution in [2.24, 2.45) is 0 Å². The molecule has 23 heavy (non-hydrogen) atoms. The second-order valence-electron chi connectivity index (χ2n) is 6.27. The molecule has 0 heterocycles. The molecule has 1 N–H and O–H groups in total. The van der Waals surface area contributed by atoms with Crippen LogP contribution in [0.5, 0.6) is 0 Å². The molecule has 0 bridgehead atoms. The number of carbonyl (C=O) groups is 1. The number of nitrogens with one attached hydrogen (secondary N) is 1. The number of hydrogen-bond donors (Lipinski definition) is 1. The largest absolute Gasteiger partial charge is 0.322 e. The number of rotatable bonds is 3. The standard InChI is InChI=1S/C21H19NO/c1-14-6-4-9-18(14)21(23)22-20-11-5-10-19(20)17-12-15-7-2-3-8-16(15)13-17/h2-4,7-12H,5-6,13H2,1H3,(H,22,23). The lowest BCUT2D eigenvalue weighted by atomic mass is 10.0. The lowest BCUT2D eigenvalue weighted by Gasteiger charge is -2.12. The summed E-state index contributed by atoms with van der Waals surface area (Å²) in [6.07, 6.45) is 13.2. The van der Waals surface area contributed by atoms with E-state index in [1.165, 1.54) is 22.3 Å². The molecular formula is C21H19NO. The van der Waals surface area contributed by atoms with Crippen LogP contribution in [0.25, 0.3) is 6.08 Å². The van der Waals surface area contributed by atoms with Gasteiger partial charge in [-0.2, -0.15) is 0 Å². The zero-order valence-corrected chi connectivity index (χ0v) is 13.2. The van der Waals surface area contributed by atoms with Gasteiger partial charge in [-0.25, -0.2) is 0 Å². The summed E-state index contributed by atoms with van der Waals surface area (Å²) in [6.45, 7) is 2.02. The highest BCUT2D eigenvalue weighted by molar-refractivity contribution is 5.99. The number of fused-ring (bicyclic) bond motifs is 1. The van der Waals surface area contributed by atoms with E-state index in [4.69, 9.17) is 0 Å². The Morgan fingerprint density at radius 1 is 1.17 bits per heavy atom. The summed E-state index contributed by atoms with van der Waals surface area (Å²) in [6, 6.07) is 8.48. The van der Waals surface area contributed by atoms with Gasteiger partial charge in [-0.3, -0.25) is 4.79 Å². The molecule has 0 radical (unpaired) electrons. The normalized spacial score (nSPS) is 18.7. The molecule has 3 aliphatic rings. The molecule has 0 atom stereocenters. The molecule has 0 aromatic heterocycles. The van der Waals surface area contributed by atoms with Crippen molar-refractivity contribution in [2.75, 3.05) is 0 Å². The van der Waals surface area contributed by atoms with Gasteiger partial charge in [0.25, 0.3) is 5.91 Å². The smallest absolute Gasteiger partial charge is 0.255 e. The Morgan fingerprint density at radius 2 is 2.04 bits per heavy atom. The van der Waals surface area contributed by atoms with E-state index < -0.39 is 0 Å². The highest BCUT2D eigenvalue weighted by Crippen LogP contribution is 2.34. The Balaban J connectivity index is 1.54. The summed E-state index contributed by atoms with van der Waals surface area (Å²) >= 11 is 0. The second kappa shape index (κ2) is 5.54. The minimum atomic E-state index is 0.00594. The third kappa shape index (κ3) is 2.50. The SMILES string of the molecule is CC1=C(C(=O)NC2=CCC=C2C2=Cc3ccccc3C2)C=CC1. The average Bonchev–Trinajstić information content (AvgIpc) is 3.24. The molecule has 0 aliphatic heterocycles. The number of benzene rings is 1. The molecule has 3 aliphatic carbocycles. The van der Waals surface area contributed by atoms with Crippen molar-refractivity contribution < 1.29 is 4.79 Å². The molecule has 0 saturated carbocycles. The van der Waals surface area contributed by atoms with Gasteiger partial charge in [-0.05, 0) is 48.5 Å². The number of carbonyl (C=O) groups excluding carboxylic acids is 1. The lowest BCUT2D eigenvalue weighted by Crippen LogP contribution is -2.24. The molecule has 2 nitrogen and oxygen atoms in total. The Bertz CT molecular complexity index is 846. The first-order valence-corrected chi connectivity index (χ1v) is 8.09. The fraction of sp³-hybridized carbons (Fsp3) is 0.190. The maximum Gasteiger partial charge on any atom is 0.255 e. The molecule has 0 fully saturated rings. The van der Waals surface area contributed by atoms with E-state index in [-0.39, 0.29) is 5.91 Å². The van der Waals surface area contributed by atoms with Crippen molar-refractivity contribution >= 4 is 12.0 Å². The Labute approximate surface area is 136 Å². The van der Waals surface area contributed by atoms with E-state index in [0.717, 1.165) is 36.1 Å². The summed E-state index contributed by atoms with van der Waals surface area (Å²) in [4.78, 5) is 12.5. The van der Waals surface area contributed by atoms with Crippen LogP contribution in [-0.4, -0.2) is 5.91 Å². The van der Waals surface area contributed by atoms with Gasteiger partial charge in [0.1, 0.15) is 0 Å². The van der Waals surface area contributed by atoms with Crippen LogP contribution in [0.3, 0.4) is 0 Å². The zero-order valence-electron chi connectivity index (χ0n) is 13.2. The van der Waals surface area contributed by atoms with E-state index in [9.17, 15) is 4.79 Å². The summed E-state index contributed by atoms with van der Waals surface area (Å²) in [5, 5.41) is 3.11. The van der Waals surface area contributed by atoms with Crippen LogP contribution in [0.15, 0.2) is 76.6 Å². The van der Waals surface area contributed by atoms with E-state index in [1.807, 2.05) is 19.1 Å². The van der Waals surface area contributed by atoms with Gasteiger partial charge >= 0.3 is 0 Å². The Kier molecular flexibility index (Phi) is 3.38. The first-order valence-electron chi connectivity index (χ1n) is 8.09. The molecule has 114 valence electrons. The van der Waals surface area contributed by atoms with Gasteiger partial charge < -0.3 is 5.32 Å². The predicted molar refractivity (Wildman–Crippen MR) is 93.5 cm³/mol. The molecule has 1 aromatic carbocycles. The first kappa shape index (κ1) is 14.0. The van der Waals surface area contributed by atoms with Crippen molar-refractivity contribution in [1.82, 2.24) is 5.32 Å². The minimum Gasteiger partial charge on any atom is -0.322 e. The molecule has 0 unspecified atom stereocenters. The molecule has 0 saturated heterocycles. The monoisotopic (exact) mass is 301 g/mol. The fourth-order valence-electron chi connectivity index (χ4n) is 3.45. The number of hydrogen-bond acceptors (Lipinski definition) is 1. The van der Waals surface area contributed by atoms with Gasteiger partial charge in [-0.1, -0.05) is 60.2 Å². The van der Waals surface area contributed by atoms with E-state index in [1.54, 1.807) is 0 Å². The van der Waals surface area contributed by atoms with Crippen molar-refractivity contribution in [3.05, 3.63) is 87.7 Å². The van der Waals surface area contributed by atoms with Gasteiger partial charge in [0.2, 0.25) is 0 Å². The van der Waals surface area contributed by atoms with Crippen LogP contribution in [-0.2, 0) is 11.2 Å². The third-order valence-electron chi connectivity index (χ3n) is 4.71. The predicted octanol–water partition coefficient (Wildman–Crippen LogP) is 4.23. The third-order valence-corrected chi connectivity index (χ3v) is 4.71. The molecule has 4 rings (SSSR count). The topological polar surface area (TPSA) is 29.1 Å². The molecule has 0 spiro atoms. The summed E-state index contributed by atoms with van der Waals surface area (Å²) < 4.78 is 0. The average molecular weight is 301 g/mol. The molecule has 1 amide bonds. The van der Waals surface area contributed by atoms with Crippen molar-refractivity contribution in [2.45, 2.75) is 26.2 Å². The fourth-order valence-corrected chi connectivity index (χ4v) is 3.45. The van der Waals surface area contributed by atoms with Crippen LogP contribution in [0.2, 0.25) is 0 Å². The van der Waals surface area contributed by atoms with Crippen LogP contribution >= 0.6 is 0 Å². The summed E-state index contributed by atoms with van der Waals surface area (Å²) in [7, 11) is 0. The molecule has 1 aromatic rings. The van der Waals surface area contributed by atoms with Crippen LogP contribution < -0.4 is 5.32 Å². The van der Waals surface area contributed by atoms with Crippen molar-refractivity contribution in [1.29, 1.82) is 0 Å². The van der Waals surface area contributed by atoms with Crippen LogP contribution in [0, 0.1) is 0 Å². The number of allylic oxidation sites excluding steroid dienone is 5. The van der Waals surface area contributed by atoms with Crippen LogP contribution in [0.4, 0.5) is 0 Å². The number of amides is 1. The summed E-state index contributed by atoms with van der Waals surface area (Å²) in [5.41, 5.74) is 8.02. The maximum atomic E-state index is 12.5. The van der Waals surface area contributed by atoms with Crippen molar-refractivity contribution in [3.63, 3.8) is 0 Å². The van der Waals surface area contributed by atoms with Gasteiger partial charge in [0.15, 0.2) is 0 Å². The van der Waals surface area contributed by atoms with E-state index in [0.29, 0.717) is 0 Å². The highest BCUT2D eigenvalue weighted by atomic mass is 16.1. The van der Waals surface area contributed by atoms with E-state index in [2.05, 4.69) is 47.8 Å². The van der Waals surface area contributed by atoms with Gasteiger partial charge in [0, 0.05) is 11.3 Å². The Morgan fingerprint density at radius 3 is 2.83 bits per heavy atom. The first-order chi connectivity index (χ1) is 11.2. The Hall–Kier alpha value is -2.61. The summed E-state index contributed by atoms with van der Waals surface area (Å²) in [5.74, 6) is 0.00594. The van der Waals surface area contributed by atoms with Gasteiger partial charge in [0.05, 0.1) is 0 Å². The van der Waals surface area contributed by atoms with Gasteiger partial charge in [-0.15, -0.1) is 0 Å². The lowest BCUT2D eigenvalue weighted by molar-refractivity contribution is -0.116. The zero-order chi connectivity index (χ0) is 15.8. The minimum absolute atomic E-state index is 0.00594. The van der Waals surface area contributed by atoms with E-state index >= 15 is 0 Å². The van der Waals surface area contributed by atoms with Crippen LogP contribution in [0.1, 0.15) is 30.9 Å². The van der Waals surface area contributed by atoms with Crippen molar-refractivity contribution in [3.8, 4) is 0 Å².